The van der Waals surface area contributed by atoms with E-state index in [2.05, 4.69) is 10.3 Å². The number of hydrogen-bond donors (Lipinski definition) is 1. The van der Waals surface area contributed by atoms with Crippen LogP contribution in [-0.2, 0) is 16.1 Å². The number of rotatable bonds is 6. The summed E-state index contributed by atoms with van der Waals surface area (Å²) in [4.78, 5) is 32.3. The molecule has 0 aliphatic carbocycles. The Kier molecular flexibility index (Phi) is 5.33. The Morgan fingerprint density at radius 2 is 1.93 bits per heavy atom. The van der Waals surface area contributed by atoms with Crippen molar-refractivity contribution >= 4 is 46.0 Å². The number of imide groups is 1. The van der Waals surface area contributed by atoms with Crippen molar-refractivity contribution in [3.63, 3.8) is 0 Å². The zero-order valence-electron chi connectivity index (χ0n) is 15.4. The molecule has 0 spiro atoms. The highest BCUT2D eigenvalue weighted by Crippen LogP contribution is 2.36. The van der Waals surface area contributed by atoms with Gasteiger partial charge in [-0.3, -0.25) is 19.5 Å². The van der Waals surface area contributed by atoms with Crippen molar-refractivity contribution < 1.29 is 14.3 Å². The minimum absolute atomic E-state index is 0.160. The van der Waals surface area contributed by atoms with E-state index in [9.17, 15) is 9.59 Å². The van der Waals surface area contributed by atoms with Gasteiger partial charge in [-0.2, -0.15) is 0 Å². The molecule has 0 unspecified atom stereocenters. The van der Waals surface area contributed by atoms with E-state index in [4.69, 9.17) is 16.3 Å². The van der Waals surface area contributed by atoms with Gasteiger partial charge in [0.05, 0.1) is 24.9 Å². The van der Waals surface area contributed by atoms with Crippen molar-refractivity contribution in [3.05, 3.63) is 81.4 Å². The summed E-state index contributed by atoms with van der Waals surface area (Å²) in [6.07, 6.45) is 3.26. The van der Waals surface area contributed by atoms with E-state index in [0.717, 1.165) is 5.56 Å². The largest absolute Gasteiger partial charge is 0.495 e. The van der Waals surface area contributed by atoms with Gasteiger partial charge in [0.2, 0.25) is 0 Å². The molecule has 146 valence electrons. The number of carbonyl (C=O) groups is 2. The number of thiophene rings is 1. The number of benzene rings is 1. The number of nitrogens with one attached hydrogen (secondary N) is 1. The highest BCUT2D eigenvalue weighted by molar-refractivity contribution is 7.11. The fourth-order valence-electron chi connectivity index (χ4n) is 3.07. The molecule has 0 saturated heterocycles. The van der Waals surface area contributed by atoms with Crippen LogP contribution in [0.5, 0.6) is 5.75 Å². The summed E-state index contributed by atoms with van der Waals surface area (Å²) in [6.45, 7) is 0.160. The second kappa shape index (κ2) is 8.06. The third kappa shape index (κ3) is 3.74. The molecule has 3 heterocycles. The van der Waals surface area contributed by atoms with Crippen molar-refractivity contribution in [3.8, 4) is 5.75 Å². The number of nitrogens with zero attached hydrogens (tertiary/aromatic N) is 2. The molecule has 3 aromatic rings. The zero-order valence-corrected chi connectivity index (χ0v) is 17.0. The van der Waals surface area contributed by atoms with E-state index in [0.29, 0.717) is 26.9 Å². The maximum atomic E-state index is 13.2. The third-order valence-electron chi connectivity index (χ3n) is 4.45. The number of halogens is 1. The summed E-state index contributed by atoms with van der Waals surface area (Å²) in [5, 5.41) is 5.44. The Labute approximate surface area is 176 Å². The first-order valence-corrected chi connectivity index (χ1v) is 9.98. The molecular formula is C21H16ClN3O3S. The third-order valence-corrected chi connectivity index (χ3v) is 5.57. The fourth-order valence-corrected chi connectivity index (χ4v) is 4.01. The van der Waals surface area contributed by atoms with Gasteiger partial charge in [0.15, 0.2) is 0 Å². The Bertz CT molecular complexity index is 1100. The Balaban J connectivity index is 1.75. The van der Waals surface area contributed by atoms with Crippen molar-refractivity contribution in [2.75, 3.05) is 12.4 Å². The highest BCUT2D eigenvalue weighted by Gasteiger charge is 2.39. The second-order valence-electron chi connectivity index (χ2n) is 6.25. The van der Waals surface area contributed by atoms with Crippen LogP contribution in [-0.4, -0.2) is 28.8 Å². The molecule has 2 amide bonds. The number of anilines is 1. The molecule has 0 bridgehead atoms. The minimum atomic E-state index is -0.405. The maximum absolute atomic E-state index is 13.2. The molecule has 0 saturated carbocycles. The molecule has 1 N–H and O–H groups in total. The molecule has 6 nitrogen and oxygen atoms in total. The van der Waals surface area contributed by atoms with E-state index in [1.54, 1.807) is 42.7 Å². The summed E-state index contributed by atoms with van der Waals surface area (Å²) in [5.74, 6) is -0.240. The molecule has 2 aromatic heterocycles. The van der Waals surface area contributed by atoms with Crippen molar-refractivity contribution in [2.24, 2.45) is 0 Å². The first-order chi connectivity index (χ1) is 14.1. The van der Waals surface area contributed by atoms with Gasteiger partial charge in [-0.1, -0.05) is 17.7 Å². The standard InChI is InChI=1S/C21H16ClN3O3S/c1-28-16-5-4-14(22)11-15(16)24-19-18(17-3-2-10-29-17)20(26)25(21(19)27)12-13-6-8-23-9-7-13/h2-11,24H,12H2,1H3. The van der Waals surface area contributed by atoms with Crippen LogP contribution in [0.4, 0.5) is 5.69 Å². The Morgan fingerprint density at radius 1 is 1.14 bits per heavy atom. The molecule has 1 aromatic carbocycles. The molecule has 8 heteroatoms. The summed E-state index contributed by atoms with van der Waals surface area (Å²) in [6, 6.07) is 12.3. The van der Waals surface area contributed by atoms with Gasteiger partial charge >= 0.3 is 0 Å². The van der Waals surface area contributed by atoms with E-state index in [1.165, 1.54) is 23.3 Å². The van der Waals surface area contributed by atoms with Crippen LogP contribution in [0.15, 0.2) is 65.9 Å². The van der Waals surface area contributed by atoms with Gasteiger partial charge < -0.3 is 10.1 Å². The summed E-state index contributed by atoms with van der Waals surface area (Å²) in [7, 11) is 1.53. The lowest BCUT2D eigenvalue weighted by atomic mass is 10.1. The average molecular weight is 426 g/mol. The molecule has 1 aliphatic rings. The predicted octanol–water partition coefficient (Wildman–Crippen LogP) is 4.20. The number of aromatic nitrogens is 1. The summed E-state index contributed by atoms with van der Waals surface area (Å²) in [5.41, 5.74) is 1.86. The van der Waals surface area contributed by atoms with Gasteiger partial charge in [-0.25, -0.2) is 0 Å². The zero-order chi connectivity index (χ0) is 20.4. The van der Waals surface area contributed by atoms with Crippen LogP contribution in [0.25, 0.3) is 5.57 Å². The first-order valence-electron chi connectivity index (χ1n) is 8.72. The van der Waals surface area contributed by atoms with E-state index in [1.807, 2.05) is 17.5 Å². The summed E-state index contributed by atoms with van der Waals surface area (Å²) < 4.78 is 5.36. The number of ether oxygens (including phenoxy) is 1. The number of amides is 2. The van der Waals surface area contributed by atoms with Gasteiger partial charge in [0.25, 0.3) is 11.8 Å². The molecule has 0 radical (unpaired) electrons. The fraction of sp³-hybridized carbons (Fsp3) is 0.0952. The van der Waals surface area contributed by atoms with Crippen molar-refractivity contribution in [2.45, 2.75) is 6.54 Å². The average Bonchev–Trinajstić information content (AvgIpc) is 3.32. The van der Waals surface area contributed by atoms with Crippen LogP contribution >= 0.6 is 22.9 Å². The molecule has 4 rings (SSSR count). The normalized spacial score (nSPS) is 13.9. The number of methoxy groups -OCH3 is 1. The summed E-state index contributed by atoms with van der Waals surface area (Å²) >= 11 is 7.52. The predicted molar refractivity (Wildman–Crippen MR) is 113 cm³/mol. The molecule has 0 fully saturated rings. The topological polar surface area (TPSA) is 71.5 Å². The molecule has 0 atom stereocenters. The van der Waals surface area contributed by atoms with Gasteiger partial charge in [0.1, 0.15) is 11.4 Å². The quantitative estimate of drug-likeness (QED) is 0.599. The smallest absolute Gasteiger partial charge is 0.278 e. The van der Waals surface area contributed by atoms with Crippen LogP contribution in [0, 0.1) is 0 Å². The van der Waals surface area contributed by atoms with Gasteiger partial charge in [0, 0.05) is 22.3 Å². The lowest BCUT2D eigenvalue weighted by Gasteiger charge is -2.16. The molecule has 1 aliphatic heterocycles. The Hall–Kier alpha value is -3.16. The van der Waals surface area contributed by atoms with Gasteiger partial charge in [-0.05, 0) is 47.3 Å². The lowest BCUT2D eigenvalue weighted by Crippen LogP contribution is -2.32. The SMILES string of the molecule is COc1ccc(Cl)cc1NC1=C(c2cccs2)C(=O)N(Cc2ccncc2)C1=O. The van der Waals surface area contributed by atoms with Gasteiger partial charge in [-0.15, -0.1) is 11.3 Å². The molecule has 29 heavy (non-hydrogen) atoms. The molecular weight excluding hydrogens is 410 g/mol. The number of pyridine rings is 1. The van der Waals surface area contributed by atoms with E-state index < -0.39 is 5.91 Å². The van der Waals surface area contributed by atoms with Crippen LogP contribution in [0.2, 0.25) is 5.02 Å². The maximum Gasteiger partial charge on any atom is 0.278 e. The van der Waals surface area contributed by atoms with Crippen molar-refractivity contribution in [1.29, 1.82) is 0 Å². The van der Waals surface area contributed by atoms with Crippen LogP contribution in [0.3, 0.4) is 0 Å². The minimum Gasteiger partial charge on any atom is -0.495 e. The lowest BCUT2D eigenvalue weighted by molar-refractivity contribution is -0.137. The van der Waals surface area contributed by atoms with Crippen LogP contribution < -0.4 is 10.1 Å². The second-order valence-corrected chi connectivity index (χ2v) is 7.63. The monoisotopic (exact) mass is 425 g/mol. The van der Waals surface area contributed by atoms with E-state index >= 15 is 0 Å². The first kappa shape index (κ1) is 19.2. The van der Waals surface area contributed by atoms with E-state index in [-0.39, 0.29) is 18.1 Å². The number of hydrogen-bond acceptors (Lipinski definition) is 6. The van der Waals surface area contributed by atoms with Crippen LogP contribution in [0.1, 0.15) is 10.4 Å². The highest BCUT2D eigenvalue weighted by atomic mass is 35.5. The number of carbonyl (C=O) groups excluding carboxylic acids is 2. The van der Waals surface area contributed by atoms with Crippen molar-refractivity contribution in [1.82, 2.24) is 9.88 Å². The Morgan fingerprint density at radius 3 is 2.62 bits per heavy atom.